The highest BCUT2D eigenvalue weighted by molar-refractivity contribution is 6.34. The van der Waals surface area contributed by atoms with Crippen LogP contribution < -0.4 is 5.32 Å². The van der Waals surface area contributed by atoms with Gasteiger partial charge in [0.2, 0.25) is 0 Å². The van der Waals surface area contributed by atoms with Crippen molar-refractivity contribution in [3.63, 3.8) is 0 Å². The van der Waals surface area contributed by atoms with E-state index in [0.29, 0.717) is 0 Å². The van der Waals surface area contributed by atoms with Gasteiger partial charge in [0.05, 0.1) is 21.8 Å². The number of hydrogen-bond donors (Lipinski definition) is 1. The van der Waals surface area contributed by atoms with Crippen LogP contribution in [0.15, 0.2) is 42.5 Å². The molecule has 1 N–H and O–H groups in total. The number of amides is 1. The van der Waals surface area contributed by atoms with Crippen molar-refractivity contribution in [2.24, 2.45) is 0 Å². The lowest BCUT2D eigenvalue weighted by Crippen LogP contribution is -2.17. The second kappa shape index (κ2) is 5.77. The number of benzene rings is 2. The number of alkyl halides is 3. The molecule has 2 rings (SSSR count). The molecule has 0 aliphatic rings. The highest BCUT2D eigenvalue weighted by atomic mass is 35.5. The number of aryl methyl sites for hydroxylation is 1. The number of rotatable bonds is 2. The van der Waals surface area contributed by atoms with E-state index < -0.39 is 17.6 Å². The first kappa shape index (κ1) is 15.4. The molecule has 6 heteroatoms. The molecule has 0 aromatic heterocycles. The van der Waals surface area contributed by atoms with E-state index in [-0.39, 0.29) is 16.3 Å². The molecule has 0 fully saturated rings. The van der Waals surface area contributed by atoms with Crippen molar-refractivity contribution in [3.8, 4) is 0 Å². The summed E-state index contributed by atoms with van der Waals surface area (Å²) in [5.41, 5.74) is -0.222. The average Bonchev–Trinajstić information content (AvgIpc) is 2.37. The zero-order valence-corrected chi connectivity index (χ0v) is 11.7. The molecule has 0 heterocycles. The Hall–Kier alpha value is -2.01. The first-order valence-corrected chi connectivity index (χ1v) is 6.40. The van der Waals surface area contributed by atoms with Crippen LogP contribution in [0.4, 0.5) is 18.9 Å². The van der Waals surface area contributed by atoms with Crippen LogP contribution in [0.5, 0.6) is 0 Å². The SMILES string of the molecule is Cc1ccc(C(=O)Nc2ccccc2C(F)(F)F)c(Cl)c1. The summed E-state index contributed by atoms with van der Waals surface area (Å²) in [7, 11) is 0. The maximum atomic E-state index is 12.9. The number of carbonyl (C=O) groups excluding carboxylic acids is 1. The van der Waals surface area contributed by atoms with Crippen LogP contribution in [0.2, 0.25) is 5.02 Å². The fraction of sp³-hybridized carbons (Fsp3) is 0.133. The Kier molecular flexibility index (Phi) is 4.23. The van der Waals surface area contributed by atoms with Gasteiger partial charge in [0.15, 0.2) is 0 Å². The van der Waals surface area contributed by atoms with E-state index in [1.807, 2.05) is 0 Å². The summed E-state index contributed by atoms with van der Waals surface area (Å²) >= 11 is 5.94. The van der Waals surface area contributed by atoms with E-state index in [0.717, 1.165) is 11.6 Å². The molecule has 0 aliphatic heterocycles. The van der Waals surface area contributed by atoms with Crippen molar-refractivity contribution in [3.05, 3.63) is 64.2 Å². The van der Waals surface area contributed by atoms with E-state index in [2.05, 4.69) is 5.32 Å². The molecular formula is C15H11ClF3NO. The van der Waals surface area contributed by atoms with E-state index in [1.54, 1.807) is 19.1 Å². The van der Waals surface area contributed by atoms with E-state index in [4.69, 9.17) is 11.6 Å². The zero-order valence-electron chi connectivity index (χ0n) is 11.0. The van der Waals surface area contributed by atoms with Gasteiger partial charge in [-0.05, 0) is 36.8 Å². The number of carbonyl (C=O) groups is 1. The summed E-state index contributed by atoms with van der Waals surface area (Å²) in [5.74, 6) is -0.684. The third kappa shape index (κ3) is 3.55. The van der Waals surface area contributed by atoms with Gasteiger partial charge >= 0.3 is 6.18 Å². The average molecular weight is 314 g/mol. The lowest BCUT2D eigenvalue weighted by molar-refractivity contribution is -0.136. The Morgan fingerprint density at radius 1 is 1.14 bits per heavy atom. The first-order chi connectivity index (χ1) is 9.79. The molecule has 2 aromatic rings. The summed E-state index contributed by atoms with van der Waals surface area (Å²) in [4.78, 5) is 12.1. The van der Waals surface area contributed by atoms with Gasteiger partial charge in [-0.3, -0.25) is 4.79 Å². The Morgan fingerprint density at radius 2 is 1.81 bits per heavy atom. The maximum Gasteiger partial charge on any atom is 0.418 e. The van der Waals surface area contributed by atoms with E-state index in [1.165, 1.54) is 24.3 Å². The van der Waals surface area contributed by atoms with Gasteiger partial charge in [-0.2, -0.15) is 13.2 Å². The van der Waals surface area contributed by atoms with Gasteiger partial charge < -0.3 is 5.32 Å². The molecule has 2 nitrogen and oxygen atoms in total. The molecule has 2 aromatic carbocycles. The molecular weight excluding hydrogens is 303 g/mol. The Bertz CT molecular complexity index is 683. The van der Waals surface area contributed by atoms with E-state index in [9.17, 15) is 18.0 Å². The Morgan fingerprint density at radius 3 is 2.43 bits per heavy atom. The van der Waals surface area contributed by atoms with Crippen LogP contribution in [-0.4, -0.2) is 5.91 Å². The fourth-order valence-electron chi connectivity index (χ4n) is 1.83. The molecule has 0 unspecified atom stereocenters. The highest BCUT2D eigenvalue weighted by Gasteiger charge is 2.33. The normalized spacial score (nSPS) is 11.3. The zero-order chi connectivity index (χ0) is 15.6. The number of hydrogen-bond acceptors (Lipinski definition) is 1. The molecule has 0 radical (unpaired) electrons. The van der Waals surface area contributed by atoms with Crippen molar-refractivity contribution in [1.82, 2.24) is 0 Å². The Labute approximate surface area is 124 Å². The minimum atomic E-state index is -4.54. The predicted molar refractivity (Wildman–Crippen MR) is 75.6 cm³/mol. The summed E-state index contributed by atoms with van der Waals surface area (Å²) in [6.45, 7) is 1.80. The van der Waals surface area contributed by atoms with Crippen molar-refractivity contribution in [2.75, 3.05) is 5.32 Å². The summed E-state index contributed by atoms with van der Waals surface area (Å²) in [5, 5.41) is 2.44. The second-order valence-electron chi connectivity index (χ2n) is 4.48. The standard InChI is InChI=1S/C15H11ClF3NO/c1-9-6-7-10(12(16)8-9)14(21)20-13-5-3-2-4-11(13)15(17,18)19/h2-8H,1H3,(H,20,21). The smallest absolute Gasteiger partial charge is 0.321 e. The third-order valence-electron chi connectivity index (χ3n) is 2.85. The van der Waals surface area contributed by atoms with Crippen molar-refractivity contribution in [1.29, 1.82) is 0 Å². The molecule has 0 aliphatic carbocycles. The molecule has 0 spiro atoms. The van der Waals surface area contributed by atoms with Crippen LogP contribution in [-0.2, 0) is 6.18 Å². The lowest BCUT2D eigenvalue weighted by atomic mass is 10.1. The van der Waals surface area contributed by atoms with Gasteiger partial charge in [0.1, 0.15) is 0 Å². The number of nitrogens with one attached hydrogen (secondary N) is 1. The van der Waals surface area contributed by atoms with Crippen LogP contribution in [0.3, 0.4) is 0 Å². The minimum absolute atomic E-state index is 0.124. The van der Waals surface area contributed by atoms with Crippen molar-refractivity contribution < 1.29 is 18.0 Å². The van der Waals surface area contributed by atoms with Crippen molar-refractivity contribution >= 4 is 23.2 Å². The second-order valence-corrected chi connectivity index (χ2v) is 4.89. The quantitative estimate of drug-likeness (QED) is 0.837. The number of halogens is 4. The number of anilines is 1. The molecule has 110 valence electrons. The monoisotopic (exact) mass is 313 g/mol. The van der Waals surface area contributed by atoms with Gasteiger partial charge in [0.25, 0.3) is 5.91 Å². The first-order valence-electron chi connectivity index (χ1n) is 6.03. The number of para-hydroxylation sites is 1. The van der Waals surface area contributed by atoms with Gasteiger partial charge in [-0.1, -0.05) is 29.8 Å². The Balaban J connectivity index is 2.32. The van der Waals surface area contributed by atoms with Crippen LogP contribution in [0, 0.1) is 6.92 Å². The molecule has 0 atom stereocenters. The molecule has 1 amide bonds. The van der Waals surface area contributed by atoms with Gasteiger partial charge in [-0.25, -0.2) is 0 Å². The molecule has 0 saturated carbocycles. The fourth-order valence-corrected chi connectivity index (χ4v) is 2.15. The topological polar surface area (TPSA) is 29.1 Å². The molecule has 21 heavy (non-hydrogen) atoms. The summed E-state index contributed by atoms with van der Waals surface area (Å²) < 4.78 is 38.6. The van der Waals surface area contributed by atoms with Crippen molar-refractivity contribution in [2.45, 2.75) is 13.1 Å². The largest absolute Gasteiger partial charge is 0.418 e. The van der Waals surface area contributed by atoms with Crippen LogP contribution in [0.1, 0.15) is 21.5 Å². The molecule has 0 saturated heterocycles. The van der Waals surface area contributed by atoms with E-state index >= 15 is 0 Å². The van der Waals surface area contributed by atoms with Gasteiger partial charge in [-0.15, -0.1) is 0 Å². The predicted octanol–water partition coefficient (Wildman–Crippen LogP) is 4.92. The summed E-state index contributed by atoms with van der Waals surface area (Å²) in [6.07, 6.45) is -4.54. The summed E-state index contributed by atoms with van der Waals surface area (Å²) in [6, 6.07) is 9.50. The maximum absolute atomic E-state index is 12.9. The highest BCUT2D eigenvalue weighted by Crippen LogP contribution is 2.34. The lowest BCUT2D eigenvalue weighted by Gasteiger charge is -2.14. The van der Waals surface area contributed by atoms with Gasteiger partial charge in [0, 0.05) is 0 Å². The molecule has 0 bridgehead atoms. The van der Waals surface area contributed by atoms with Crippen LogP contribution >= 0.6 is 11.6 Å². The van der Waals surface area contributed by atoms with Crippen LogP contribution in [0.25, 0.3) is 0 Å². The third-order valence-corrected chi connectivity index (χ3v) is 3.16. The minimum Gasteiger partial charge on any atom is -0.321 e.